The molecule has 1 aromatic rings. The maximum absolute atomic E-state index is 12.1. The van der Waals surface area contributed by atoms with Gasteiger partial charge in [-0.1, -0.05) is 0 Å². The molecule has 2 rings (SSSR count). The number of carbonyl (C=O) groups is 1. The highest BCUT2D eigenvalue weighted by atomic mass is 16.2. The second-order valence-corrected chi connectivity index (χ2v) is 4.38. The Morgan fingerprint density at radius 1 is 1.25 bits per heavy atom. The van der Waals surface area contributed by atoms with E-state index in [0.29, 0.717) is 5.69 Å². The molecule has 88 valence electrons. The van der Waals surface area contributed by atoms with Crippen molar-refractivity contribution in [3.63, 3.8) is 0 Å². The number of imidazole rings is 1. The van der Waals surface area contributed by atoms with E-state index in [1.807, 2.05) is 23.4 Å². The summed E-state index contributed by atoms with van der Waals surface area (Å²) < 4.78 is 1.88. The van der Waals surface area contributed by atoms with Gasteiger partial charge in [0.1, 0.15) is 11.5 Å². The van der Waals surface area contributed by atoms with Gasteiger partial charge in [0.05, 0.1) is 0 Å². The summed E-state index contributed by atoms with van der Waals surface area (Å²) in [5.74, 6) is 0.925. The fourth-order valence-electron chi connectivity index (χ4n) is 1.83. The minimum Gasteiger partial charge on any atom is -0.337 e. The van der Waals surface area contributed by atoms with E-state index in [2.05, 4.69) is 16.9 Å². The molecule has 5 nitrogen and oxygen atoms in total. The quantitative estimate of drug-likeness (QED) is 0.677. The minimum absolute atomic E-state index is 0.0526. The molecule has 1 saturated heterocycles. The third kappa shape index (κ3) is 2.09. The Labute approximate surface area is 95.7 Å². The van der Waals surface area contributed by atoms with Crippen molar-refractivity contribution in [3.8, 4) is 0 Å². The molecular weight excluding hydrogens is 204 g/mol. The number of hydrogen-bond acceptors (Lipinski definition) is 3. The topological polar surface area (TPSA) is 41.4 Å². The van der Waals surface area contributed by atoms with Crippen LogP contribution in [0.2, 0.25) is 0 Å². The Morgan fingerprint density at radius 3 is 2.38 bits per heavy atom. The SMILES string of the molecule is Cc1nc(C(=O)N2CCN(C)CC2)cn1C. The lowest BCUT2D eigenvalue weighted by Crippen LogP contribution is -2.47. The Hall–Kier alpha value is -1.36. The number of rotatable bonds is 1. The number of aromatic nitrogens is 2. The normalized spacial score (nSPS) is 17.8. The maximum atomic E-state index is 12.1. The van der Waals surface area contributed by atoms with Gasteiger partial charge in [0.25, 0.3) is 5.91 Å². The fourth-order valence-corrected chi connectivity index (χ4v) is 1.83. The molecule has 0 atom stereocenters. The first-order valence-electron chi connectivity index (χ1n) is 5.55. The van der Waals surface area contributed by atoms with Crippen LogP contribution in [0.25, 0.3) is 0 Å². The molecule has 1 aromatic heterocycles. The largest absolute Gasteiger partial charge is 0.337 e. The summed E-state index contributed by atoms with van der Waals surface area (Å²) in [7, 11) is 3.98. The first-order valence-corrected chi connectivity index (χ1v) is 5.55. The number of nitrogens with zero attached hydrogens (tertiary/aromatic N) is 4. The van der Waals surface area contributed by atoms with Crippen LogP contribution >= 0.6 is 0 Å². The first kappa shape index (κ1) is 11.1. The van der Waals surface area contributed by atoms with E-state index in [4.69, 9.17) is 0 Å². The molecule has 0 bridgehead atoms. The fraction of sp³-hybridized carbons (Fsp3) is 0.636. The molecule has 16 heavy (non-hydrogen) atoms. The molecule has 0 radical (unpaired) electrons. The van der Waals surface area contributed by atoms with E-state index in [-0.39, 0.29) is 5.91 Å². The summed E-state index contributed by atoms with van der Waals surface area (Å²) in [6.45, 7) is 5.38. The van der Waals surface area contributed by atoms with Gasteiger partial charge in [0.15, 0.2) is 0 Å². The standard InChI is InChI=1S/C11H18N4O/c1-9-12-10(8-14(9)3)11(16)15-6-4-13(2)5-7-15/h8H,4-7H2,1-3H3. The van der Waals surface area contributed by atoms with Gasteiger partial charge in [0.2, 0.25) is 0 Å². The van der Waals surface area contributed by atoms with Gasteiger partial charge in [-0.2, -0.15) is 0 Å². The third-order valence-electron chi connectivity index (χ3n) is 3.12. The Kier molecular flexibility index (Phi) is 2.96. The lowest BCUT2D eigenvalue weighted by molar-refractivity contribution is 0.0658. The maximum Gasteiger partial charge on any atom is 0.274 e. The van der Waals surface area contributed by atoms with Crippen molar-refractivity contribution in [2.24, 2.45) is 7.05 Å². The molecule has 1 fully saturated rings. The molecular formula is C11H18N4O. The number of carbonyl (C=O) groups excluding carboxylic acids is 1. The van der Waals surface area contributed by atoms with Gasteiger partial charge >= 0.3 is 0 Å². The lowest BCUT2D eigenvalue weighted by atomic mass is 10.3. The second-order valence-electron chi connectivity index (χ2n) is 4.38. The van der Waals surface area contributed by atoms with Crippen molar-refractivity contribution in [3.05, 3.63) is 17.7 Å². The average Bonchev–Trinajstić information content (AvgIpc) is 2.59. The predicted molar refractivity (Wildman–Crippen MR) is 61.3 cm³/mol. The smallest absolute Gasteiger partial charge is 0.274 e. The highest BCUT2D eigenvalue weighted by Crippen LogP contribution is 2.07. The molecule has 1 aliphatic heterocycles. The summed E-state index contributed by atoms with van der Waals surface area (Å²) >= 11 is 0. The first-order chi connectivity index (χ1) is 7.58. The van der Waals surface area contributed by atoms with E-state index in [0.717, 1.165) is 32.0 Å². The highest BCUT2D eigenvalue weighted by molar-refractivity contribution is 5.92. The monoisotopic (exact) mass is 222 g/mol. The lowest BCUT2D eigenvalue weighted by Gasteiger charge is -2.31. The Morgan fingerprint density at radius 2 is 1.88 bits per heavy atom. The summed E-state index contributed by atoms with van der Waals surface area (Å²) in [4.78, 5) is 20.5. The molecule has 2 heterocycles. The van der Waals surface area contributed by atoms with Crippen LogP contribution in [-0.4, -0.2) is 58.5 Å². The van der Waals surface area contributed by atoms with Crippen LogP contribution in [0.5, 0.6) is 0 Å². The van der Waals surface area contributed by atoms with Crippen LogP contribution < -0.4 is 0 Å². The van der Waals surface area contributed by atoms with Crippen LogP contribution in [0.3, 0.4) is 0 Å². The molecule has 0 unspecified atom stereocenters. The summed E-state index contributed by atoms with van der Waals surface area (Å²) in [6.07, 6.45) is 1.80. The molecule has 0 N–H and O–H groups in total. The van der Waals surface area contributed by atoms with Crippen LogP contribution in [0.4, 0.5) is 0 Å². The predicted octanol–water partition coefficient (Wildman–Crippen LogP) is 0.116. The molecule has 0 aliphatic carbocycles. The summed E-state index contributed by atoms with van der Waals surface area (Å²) in [5, 5.41) is 0. The third-order valence-corrected chi connectivity index (χ3v) is 3.12. The van der Waals surface area contributed by atoms with E-state index in [9.17, 15) is 4.79 Å². The van der Waals surface area contributed by atoms with E-state index >= 15 is 0 Å². The van der Waals surface area contributed by atoms with Gasteiger partial charge in [-0.25, -0.2) is 4.98 Å². The Balaban J connectivity index is 2.07. The van der Waals surface area contributed by atoms with Crippen molar-refractivity contribution in [1.29, 1.82) is 0 Å². The molecule has 5 heteroatoms. The van der Waals surface area contributed by atoms with Gasteiger partial charge in [0, 0.05) is 39.4 Å². The number of piperazine rings is 1. The van der Waals surface area contributed by atoms with Gasteiger partial charge in [-0.15, -0.1) is 0 Å². The van der Waals surface area contributed by atoms with Crippen molar-refractivity contribution >= 4 is 5.91 Å². The molecule has 0 aromatic carbocycles. The van der Waals surface area contributed by atoms with Crippen LogP contribution in [-0.2, 0) is 7.05 Å². The van der Waals surface area contributed by atoms with Crippen LogP contribution in [0.1, 0.15) is 16.3 Å². The van der Waals surface area contributed by atoms with Crippen LogP contribution in [0.15, 0.2) is 6.20 Å². The number of likely N-dealkylation sites (N-methyl/N-ethyl adjacent to an activating group) is 1. The van der Waals surface area contributed by atoms with Gasteiger partial charge in [-0.05, 0) is 14.0 Å². The van der Waals surface area contributed by atoms with Crippen molar-refractivity contribution in [1.82, 2.24) is 19.4 Å². The number of hydrogen-bond donors (Lipinski definition) is 0. The highest BCUT2D eigenvalue weighted by Gasteiger charge is 2.22. The second kappa shape index (κ2) is 4.25. The van der Waals surface area contributed by atoms with Gasteiger partial charge < -0.3 is 14.4 Å². The summed E-state index contributed by atoms with van der Waals surface area (Å²) in [5.41, 5.74) is 0.560. The molecule has 1 aliphatic rings. The van der Waals surface area contributed by atoms with Crippen molar-refractivity contribution in [2.45, 2.75) is 6.92 Å². The average molecular weight is 222 g/mol. The van der Waals surface area contributed by atoms with E-state index in [1.165, 1.54) is 0 Å². The van der Waals surface area contributed by atoms with E-state index in [1.54, 1.807) is 6.20 Å². The minimum atomic E-state index is 0.0526. The van der Waals surface area contributed by atoms with Crippen molar-refractivity contribution < 1.29 is 4.79 Å². The molecule has 0 spiro atoms. The van der Waals surface area contributed by atoms with Crippen LogP contribution in [0, 0.1) is 6.92 Å². The zero-order chi connectivity index (χ0) is 11.7. The van der Waals surface area contributed by atoms with E-state index < -0.39 is 0 Å². The number of aryl methyl sites for hydroxylation is 2. The van der Waals surface area contributed by atoms with Crippen molar-refractivity contribution in [2.75, 3.05) is 33.2 Å². The zero-order valence-electron chi connectivity index (χ0n) is 10.1. The zero-order valence-corrected chi connectivity index (χ0v) is 10.1. The molecule has 1 amide bonds. The number of amides is 1. The molecule has 0 saturated carbocycles. The summed E-state index contributed by atoms with van der Waals surface area (Å²) in [6, 6.07) is 0. The van der Waals surface area contributed by atoms with Gasteiger partial charge in [-0.3, -0.25) is 4.79 Å². The Bertz CT molecular complexity index is 371.